The Hall–Kier alpha value is -2.53. The minimum Gasteiger partial charge on any atom is -0.375 e. The number of hydrazone groups is 1. The number of rotatable bonds is 2. The Morgan fingerprint density at radius 3 is 2.45 bits per heavy atom. The van der Waals surface area contributed by atoms with Crippen molar-refractivity contribution in [3.63, 3.8) is 0 Å². The lowest BCUT2D eigenvalue weighted by atomic mass is 10.0. The molecule has 3 rings (SSSR count). The minimum atomic E-state index is 0.131. The van der Waals surface area contributed by atoms with E-state index in [1.807, 2.05) is 36.4 Å². The molecule has 0 unspecified atom stereocenters. The molecule has 98 valence electrons. The van der Waals surface area contributed by atoms with Crippen molar-refractivity contribution < 1.29 is 0 Å². The quantitative estimate of drug-likeness (QED) is 0.328. The van der Waals surface area contributed by atoms with Crippen LogP contribution < -0.4 is 11.2 Å². The Kier molecular flexibility index (Phi) is 3.26. The van der Waals surface area contributed by atoms with Crippen LogP contribution in [0.15, 0.2) is 53.6 Å². The molecule has 0 amide bonds. The van der Waals surface area contributed by atoms with Crippen LogP contribution in [0.1, 0.15) is 5.69 Å². The smallest absolute Gasteiger partial charge is 0.184 e. The number of pyridine rings is 1. The fraction of sp³-hybridized carbons (Fsp3) is 0. The first-order valence-electron chi connectivity index (χ1n) is 6.12. The lowest BCUT2D eigenvalue weighted by Gasteiger charge is -2.06. The minimum absolute atomic E-state index is 0.131. The summed E-state index contributed by atoms with van der Waals surface area (Å²) in [6.45, 7) is 0. The highest BCUT2D eigenvalue weighted by Crippen LogP contribution is 2.25. The van der Waals surface area contributed by atoms with E-state index in [2.05, 4.69) is 27.6 Å². The second-order valence-corrected chi connectivity index (χ2v) is 4.73. The molecule has 1 aromatic heterocycles. The van der Waals surface area contributed by atoms with E-state index in [1.165, 1.54) is 0 Å². The third-order valence-corrected chi connectivity index (χ3v) is 3.09. The molecule has 0 radical (unpaired) electrons. The van der Waals surface area contributed by atoms with Crippen molar-refractivity contribution >= 4 is 45.2 Å². The van der Waals surface area contributed by atoms with Crippen LogP contribution in [0.2, 0.25) is 0 Å². The van der Waals surface area contributed by atoms with E-state index >= 15 is 0 Å². The van der Waals surface area contributed by atoms with Gasteiger partial charge in [0.05, 0.1) is 17.4 Å². The number of fused-ring (bicyclic) bond motifs is 3. The molecule has 0 atom stereocenters. The van der Waals surface area contributed by atoms with Crippen molar-refractivity contribution in [2.45, 2.75) is 0 Å². The summed E-state index contributed by atoms with van der Waals surface area (Å²) < 4.78 is 0. The van der Waals surface area contributed by atoms with Gasteiger partial charge in [-0.3, -0.25) is 5.43 Å². The highest BCUT2D eigenvalue weighted by molar-refractivity contribution is 7.80. The molecule has 0 saturated heterocycles. The van der Waals surface area contributed by atoms with Crippen molar-refractivity contribution in [1.82, 2.24) is 10.4 Å². The van der Waals surface area contributed by atoms with Gasteiger partial charge in [-0.15, -0.1) is 0 Å². The molecular formula is C15H12N4S. The molecule has 0 fully saturated rings. The fourth-order valence-corrected chi connectivity index (χ4v) is 2.24. The van der Waals surface area contributed by atoms with Crippen LogP contribution in [0.5, 0.6) is 0 Å². The number of nitrogens with two attached hydrogens (primary N) is 1. The van der Waals surface area contributed by atoms with Gasteiger partial charge in [-0.05, 0) is 23.7 Å². The van der Waals surface area contributed by atoms with Crippen LogP contribution in [0, 0.1) is 0 Å². The lowest BCUT2D eigenvalue weighted by molar-refractivity contribution is 1.04. The van der Waals surface area contributed by atoms with E-state index in [1.54, 1.807) is 6.21 Å². The molecule has 0 aliphatic carbocycles. The van der Waals surface area contributed by atoms with Gasteiger partial charge in [-0.25, -0.2) is 4.98 Å². The average molecular weight is 280 g/mol. The summed E-state index contributed by atoms with van der Waals surface area (Å²) in [5.74, 6) is 0. The molecule has 5 heteroatoms. The Bertz CT molecular complexity index is 826. The van der Waals surface area contributed by atoms with E-state index in [9.17, 15) is 0 Å². The predicted octanol–water partition coefficient (Wildman–Crippen LogP) is 2.56. The summed E-state index contributed by atoms with van der Waals surface area (Å²) in [5, 5.41) is 7.44. The SMILES string of the molecule is NC(=S)NN=Cc1nc2ccccc2c2ccccc12. The molecule has 0 aliphatic heterocycles. The number of nitrogens with one attached hydrogen (secondary N) is 1. The Labute approximate surface area is 121 Å². The van der Waals surface area contributed by atoms with Crippen molar-refractivity contribution in [2.75, 3.05) is 0 Å². The summed E-state index contributed by atoms with van der Waals surface area (Å²) in [5.41, 5.74) is 9.61. The first kappa shape index (κ1) is 12.5. The van der Waals surface area contributed by atoms with Crippen molar-refractivity contribution in [1.29, 1.82) is 0 Å². The Balaban J connectivity index is 2.24. The summed E-state index contributed by atoms with van der Waals surface area (Å²) in [6.07, 6.45) is 1.63. The number of hydrogen-bond acceptors (Lipinski definition) is 3. The summed E-state index contributed by atoms with van der Waals surface area (Å²) >= 11 is 4.72. The van der Waals surface area contributed by atoms with Crippen molar-refractivity contribution in [2.24, 2.45) is 10.8 Å². The lowest BCUT2D eigenvalue weighted by Crippen LogP contribution is -2.24. The van der Waals surface area contributed by atoms with Gasteiger partial charge in [0, 0.05) is 10.8 Å². The molecule has 20 heavy (non-hydrogen) atoms. The van der Waals surface area contributed by atoms with Gasteiger partial charge < -0.3 is 5.73 Å². The molecule has 3 aromatic rings. The van der Waals surface area contributed by atoms with Crippen molar-refractivity contribution in [3.05, 3.63) is 54.2 Å². The van der Waals surface area contributed by atoms with Gasteiger partial charge in [-0.1, -0.05) is 42.5 Å². The predicted molar refractivity (Wildman–Crippen MR) is 86.8 cm³/mol. The van der Waals surface area contributed by atoms with Gasteiger partial charge >= 0.3 is 0 Å². The zero-order valence-corrected chi connectivity index (χ0v) is 11.4. The maximum atomic E-state index is 5.35. The van der Waals surface area contributed by atoms with E-state index in [4.69, 9.17) is 18.0 Å². The van der Waals surface area contributed by atoms with Crippen LogP contribution in [0.3, 0.4) is 0 Å². The molecule has 0 spiro atoms. The molecular weight excluding hydrogens is 268 g/mol. The molecule has 2 aromatic carbocycles. The topological polar surface area (TPSA) is 63.3 Å². The summed E-state index contributed by atoms with van der Waals surface area (Å²) in [4.78, 5) is 4.63. The third kappa shape index (κ3) is 2.31. The van der Waals surface area contributed by atoms with Crippen LogP contribution >= 0.6 is 12.2 Å². The molecule has 0 saturated carbocycles. The fourth-order valence-electron chi connectivity index (χ4n) is 2.19. The number of hydrogen-bond donors (Lipinski definition) is 2. The van der Waals surface area contributed by atoms with E-state index in [0.717, 1.165) is 27.4 Å². The zero-order valence-electron chi connectivity index (χ0n) is 10.6. The van der Waals surface area contributed by atoms with Crippen LogP contribution in [-0.4, -0.2) is 16.3 Å². The van der Waals surface area contributed by atoms with E-state index in [-0.39, 0.29) is 5.11 Å². The molecule has 4 nitrogen and oxygen atoms in total. The second kappa shape index (κ2) is 5.22. The largest absolute Gasteiger partial charge is 0.375 e. The highest BCUT2D eigenvalue weighted by atomic mass is 32.1. The number of nitrogens with zero attached hydrogens (tertiary/aromatic N) is 2. The number of para-hydroxylation sites is 1. The summed E-state index contributed by atoms with van der Waals surface area (Å²) in [7, 11) is 0. The van der Waals surface area contributed by atoms with Crippen LogP contribution in [-0.2, 0) is 0 Å². The van der Waals surface area contributed by atoms with Gasteiger partial charge in [0.15, 0.2) is 5.11 Å². The highest BCUT2D eigenvalue weighted by Gasteiger charge is 2.05. The molecule has 0 aliphatic rings. The standard InChI is InChI=1S/C15H12N4S/c16-15(20)19-17-9-14-12-7-2-1-5-10(12)11-6-3-4-8-13(11)18-14/h1-9H,(H3,16,19,20). The normalized spacial score (nSPS) is 11.2. The molecule has 0 bridgehead atoms. The van der Waals surface area contributed by atoms with Gasteiger partial charge in [0.25, 0.3) is 0 Å². The Morgan fingerprint density at radius 1 is 1.05 bits per heavy atom. The monoisotopic (exact) mass is 280 g/mol. The first-order valence-corrected chi connectivity index (χ1v) is 6.52. The zero-order chi connectivity index (χ0) is 13.9. The Morgan fingerprint density at radius 2 is 1.70 bits per heavy atom. The first-order chi connectivity index (χ1) is 9.75. The van der Waals surface area contributed by atoms with Gasteiger partial charge in [-0.2, -0.15) is 5.10 Å². The third-order valence-electron chi connectivity index (χ3n) is 3.00. The van der Waals surface area contributed by atoms with Crippen LogP contribution in [0.25, 0.3) is 21.7 Å². The average Bonchev–Trinajstić information content (AvgIpc) is 2.47. The second-order valence-electron chi connectivity index (χ2n) is 4.29. The molecule has 1 heterocycles. The summed E-state index contributed by atoms with van der Waals surface area (Å²) in [6, 6.07) is 16.1. The van der Waals surface area contributed by atoms with Gasteiger partial charge in [0.2, 0.25) is 0 Å². The van der Waals surface area contributed by atoms with Gasteiger partial charge in [0.1, 0.15) is 0 Å². The molecule has 3 N–H and O–H groups in total. The van der Waals surface area contributed by atoms with Crippen molar-refractivity contribution in [3.8, 4) is 0 Å². The maximum Gasteiger partial charge on any atom is 0.184 e. The van der Waals surface area contributed by atoms with E-state index < -0.39 is 0 Å². The maximum absolute atomic E-state index is 5.35. The number of benzene rings is 2. The van der Waals surface area contributed by atoms with Crippen LogP contribution in [0.4, 0.5) is 0 Å². The van der Waals surface area contributed by atoms with E-state index in [0.29, 0.717) is 0 Å². The number of aromatic nitrogens is 1. The number of thiocarbonyl (C=S) groups is 1.